The minimum absolute atomic E-state index is 0.156. The summed E-state index contributed by atoms with van der Waals surface area (Å²) in [6, 6.07) is 4.34. The molecule has 1 N–H and O–H groups in total. The number of rotatable bonds is 9. The predicted octanol–water partition coefficient (Wildman–Crippen LogP) is 3.36. The van der Waals surface area contributed by atoms with Gasteiger partial charge in [-0.3, -0.25) is 14.4 Å². The van der Waals surface area contributed by atoms with Gasteiger partial charge in [0.15, 0.2) is 4.34 Å². The third-order valence-corrected chi connectivity index (χ3v) is 6.83. The average Bonchev–Trinajstić information content (AvgIpc) is 3.04. The van der Waals surface area contributed by atoms with Gasteiger partial charge in [-0.25, -0.2) is 12.8 Å². The molecular weight excluding hydrogens is 411 g/mol. The van der Waals surface area contributed by atoms with Crippen molar-refractivity contribution in [2.24, 2.45) is 0 Å². The molecule has 0 aliphatic heterocycles. The maximum atomic E-state index is 14.2. The third kappa shape index (κ3) is 5.63. The number of nitrogens with one attached hydrogen (secondary N) is 1. The Bertz CT molecular complexity index is 889. The van der Waals surface area contributed by atoms with Gasteiger partial charge < -0.3 is 0 Å². The Balaban J connectivity index is 2.27. The van der Waals surface area contributed by atoms with Crippen molar-refractivity contribution in [3.63, 3.8) is 0 Å². The summed E-state index contributed by atoms with van der Waals surface area (Å²) in [5.41, 5.74) is -0.168. The standard InChI is InChI=1S/C16H21FN4O3S3/c1-4-10-25-16-20-19-15(26-16)18-14(22)12(5-2)21(27(3,23)24)13-9-7-6-8-11(13)17/h6-9,12H,4-5,10H2,1-3H3,(H,18,19,22)/t12-/m0/s1. The molecular formula is C16H21FN4O3S3. The number of thioether (sulfide) groups is 1. The second kappa shape index (κ2) is 9.47. The Hall–Kier alpha value is -1.72. The minimum atomic E-state index is -3.90. The van der Waals surface area contributed by atoms with Crippen LogP contribution in [0.4, 0.5) is 15.2 Å². The predicted molar refractivity (Wildman–Crippen MR) is 107 cm³/mol. The maximum Gasteiger partial charge on any atom is 0.250 e. The van der Waals surface area contributed by atoms with Crippen molar-refractivity contribution in [2.45, 2.75) is 37.1 Å². The molecule has 27 heavy (non-hydrogen) atoms. The highest BCUT2D eigenvalue weighted by molar-refractivity contribution is 8.01. The van der Waals surface area contributed by atoms with Crippen molar-refractivity contribution in [3.05, 3.63) is 30.1 Å². The first-order valence-corrected chi connectivity index (χ1v) is 11.9. The molecule has 0 unspecified atom stereocenters. The molecule has 1 aromatic heterocycles. The van der Waals surface area contributed by atoms with E-state index < -0.39 is 27.8 Å². The number of para-hydroxylation sites is 1. The van der Waals surface area contributed by atoms with E-state index >= 15 is 0 Å². The van der Waals surface area contributed by atoms with Gasteiger partial charge in [-0.1, -0.05) is 49.1 Å². The molecule has 0 saturated carbocycles. The average molecular weight is 433 g/mol. The van der Waals surface area contributed by atoms with Crippen LogP contribution in [0.15, 0.2) is 28.6 Å². The zero-order chi connectivity index (χ0) is 20.0. The van der Waals surface area contributed by atoms with Crippen molar-refractivity contribution >= 4 is 49.8 Å². The lowest BCUT2D eigenvalue weighted by Crippen LogP contribution is -2.47. The molecule has 148 valence electrons. The van der Waals surface area contributed by atoms with E-state index in [1.807, 2.05) is 6.92 Å². The number of carbonyl (C=O) groups is 1. The highest BCUT2D eigenvalue weighted by Gasteiger charge is 2.33. The van der Waals surface area contributed by atoms with E-state index in [0.29, 0.717) is 4.34 Å². The molecule has 0 saturated heterocycles. The zero-order valence-electron chi connectivity index (χ0n) is 15.2. The fourth-order valence-electron chi connectivity index (χ4n) is 2.36. The fourth-order valence-corrected chi connectivity index (χ4v) is 5.26. The van der Waals surface area contributed by atoms with Gasteiger partial charge in [-0.05, 0) is 25.0 Å². The minimum Gasteiger partial charge on any atom is -0.299 e. The van der Waals surface area contributed by atoms with Gasteiger partial charge in [0.1, 0.15) is 11.9 Å². The van der Waals surface area contributed by atoms with Crippen LogP contribution in [-0.2, 0) is 14.8 Å². The summed E-state index contributed by atoms with van der Waals surface area (Å²) in [6.07, 6.45) is 2.08. The molecule has 1 amide bonds. The normalized spacial score (nSPS) is 12.6. The van der Waals surface area contributed by atoms with E-state index in [2.05, 4.69) is 15.5 Å². The number of hydrogen-bond donors (Lipinski definition) is 1. The number of halogens is 1. The SMILES string of the molecule is CCCSc1nnc(NC(=O)[C@H](CC)N(c2ccccc2F)S(C)(=O)=O)s1. The first kappa shape index (κ1) is 21.6. The first-order valence-electron chi connectivity index (χ1n) is 8.29. The summed E-state index contributed by atoms with van der Waals surface area (Å²) < 4.78 is 40.4. The highest BCUT2D eigenvalue weighted by Crippen LogP contribution is 2.28. The number of benzene rings is 1. The maximum absolute atomic E-state index is 14.2. The molecule has 0 spiro atoms. The van der Waals surface area contributed by atoms with Crippen molar-refractivity contribution in [3.8, 4) is 0 Å². The number of anilines is 2. The molecule has 2 aromatic rings. The van der Waals surface area contributed by atoms with Crippen LogP contribution in [0.5, 0.6) is 0 Å². The highest BCUT2D eigenvalue weighted by atomic mass is 32.2. The van der Waals surface area contributed by atoms with Crippen LogP contribution in [0.3, 0.4) is 0 Å². The van der Waals surface area contributed by atoms with Crippen LogP contribution in [0, 0.1) is 5.82 Å². The van der Waals surface area contributed by atoms with E-state index in [0.717, 1.165) is 28.8 Å². The summed E-state index contributed by atoms with van der Waals surface area (Å²) in [6.45, 7) is 3.71. The van der Waals surface area contributed by atoms with Crippen LogP contribution in [0.25, 0.3) is 0 Å². The Morgan fingerprint density at radius 2 is 2.04 bits per heavy atom. The summed E-state index contributed by atoms with van der Waals surface area (Å²) in [7, 11) is -3.90. The van der Waals surface area contributed by atoms with Crippen molar-refractivity contribution in [1.29, 1.82) is 0 Å². The molecule has 0 aliphatic carbocycles. The van der Waals surface area contributed by atoms with Crippen LogP contribution >= 0.6 is 23.1 Å². The lowest BCUT2D eigenvalue weighted by Gasteiger charge is -2.29. The van der Waals surface area contributed by atoms with Crippen LogP contribution in [0.2, 0.25) is 0 Å². The summed E-state index contributed by atoms with van der Waals surface area (Å²) in [5.74, 6) is -0.423. The Morgan fingerprint density at radius 1 is 1.33 bits per heavy atom. The lowest BCUT2D eigenvalue weighted by atomic mass is 10.2. The molecule has 1 aromatic carbocycles. The molecule has 1 heterocycles. The number of nitrogens with zero attached hydrogens (tertiary/aromatic N) is 3. The number of amides is 1. The topological polar surface area (TPSA) is 92.3 Å². The lowest BCUT2D eigenvalue weighted by molar-refractivity contribution is -0.117. The molecule has 0 radical (unpaired) electrons. The molecule has 0 fully saturated rings. The number of aromatic nitrogens is 2. The van der Waals surface area contributed by atoms with Gasteiger partial charge >= 0.3 is 0 Å². The molecule has 11 heteroatoms. The van der Waals surface area contributed by atoms with E-state index in [9.17, 15) is 17.6 Å². The second-order valence-electron chi connectivity index (χ2n) is 5.65. The van der Waals surface area contributed by atoms with Gasteiger partial charge in [-0.15, -0.1) is 10.2 Å². The Kier molecular flexibility index (Phi) is 7.57. The van der Waals surface area contributed by atoms with E-state index in [-0.39, 0.29) is 17.2 Å². The smallest absolute Gasteiger partial charge is 0.250 e. The Labute approximate surface area is 166 Å². The number of sulfonamides is 1. The molecule has 0 aliphatic rings. The monoisotopic (exact) mass is 432 g/mol. The van der Waals surface area contributed by atoms with Crippen molar-refractivity contribution < 1.29 is 17.6 Å². The molecule has 0 bridgehead atoms. The molecule has 2 rings (SSSR count). The van der Waals surface area contributed by atoms with Crippen molar-refractivity contribution in [1.82, 2.24) is 10.2 Å². The first-order chi connectivity index (χ1) is 12.8. The van der Waals surface area contributed by atoms with Crippen molar-refractivity contribution in [2.75, 3.05) is 21.6 Å². The number of hydrogen-bond acceptors (Lipinski definition) is 7. The summed E-state index contributed by atoms with van der Waals surface area (Å²) >= 11 is 2.74. The van der Waals surface area contributed by atoms with Crippen LogP contribution in [-0.4, -0.2) is 42.6 Å². The number of carbonyl (C=O) groups excluding carboxylic acids is 1. The molecule has 1 atom stereocenters. The second-order valence-corrected chi connectivity index (χ2v) is 9.82. The zero-order valence-corrected chi connectivity index (χ0v) is 17.6. The van der Waals surface area contributed by atoms with Gasteiger partial charge in [0.2, 0.25) is 21.1 Å². The van der Waals surface area contributed by atoms with Gasteiger partial charge in [0.05, 0.1) is 11.9 Å². The Morgan fingerprint density at radius 3 is 2.63 bits per heavy atom. The van der Waals surface area contributed by atoms with Crippen LogP contribution in [0.1, 0.15) is 26.7 Å². The summed E-state index contributed by atoms with van der Waals surface area (Å²) in [4.78, 5) is 12.7. The fraction of sp³-hybridized carbons (Fsp3) is 0.438. The largest absolute Gasteiger partial charge is 0.299 e. The molecule has 7 nitrogen and oxygen atoms in total. The van der Waals surface area contributed by atoms with Gasteiger partial charge in [0, 0.05) is 5.75 Å². The summed E-state index contributed by atoms with van der Waals surface area (Å²) in [5, 5.41) is 10.8. The van der Waals surface area contributed by atoms with Gasteiger partial charge in [-0.2, -0.15) is 0 Å². The third-order valence-electron chi connectivity index (χ3n) is 3.49. The van der Waals surface area contributed by atoms with Crippen LogP contribution < -0.4 is 9.62 Å². The quantitative estimate of drug-likeness (QED) is 0.482. The van der Waals surface area contributed by atoms with E-state index in [1.54, 1.807) is 6.92 Å². The van der Waals surface area contributed by atoms with Gasteiger partial charge in [0.25, 0.3) is 0 Å². The van der Waals surface area contributed by atoms with E-state index in [4.69, 9.17) is 0 Å². The van der Waals surface area contributed by atoms with E-state index in [1.165, 1.54) is 41.3 Å².